The van der Waals surface area contributed by atoms with Crippen LogP contribution in [0, 0.1) is 0 Å². The van der Waals surface area contributed by atoms with E-state index in [1.807, 2.05) is 17.0 Å². The Morgan fingerprint density at radius 1 is 1.14 bits per heavy atom. The van der Waals surface area contributed by atoms with Crippen LogP contribution in [0.25, 0.3) is 6.08 Å². The second-order valence-electron chi connectivity index (χ2n) is 7.84. The topological polar surface area (TPSA) is 62.3 Å². The molecule has 1 aromatic heterocycles. The van der Waals surface area contributed by atoms with Gasteiger partial charge in [-0.3, -0.25) is 9.59 Å². The highest BCUT2D eigenvalue weighted by Gasteiger charge is 2.17. The predicted octanol–water partition coefficient (Wildman–Crippen LogP) is 4.03. The molecule has 3 heterocycles. The minimum atomic E-state index is 0.00997. The third-order valence-electron chi connectivity index (χ3n) is 5.74. The molecule has 0 atom stereocenters. The first-order valence-electron chi connectivity index (χ1n) is 10.3. The Hall–Kier alpha value is -2.69. The Morgan fingerprint density at radius 3 is 2.82 bits per heavy atom. The zero-order chi connectivity index (χ0) is 19.3. The number of allylic oxidation sites excluding steroid dienone is 2. The maximum atomic E-state index is 12.5. The number of pyridine rings is 1. The second-order valence-corrected chi connectivity index (χ2v) is 7.84. The molecule has 0 aromatic carbocycles. The zero-order valence-corrected chi connectivity index (χ0v) is 16.2. The molecule has 0 radical (unpaired) electrons. The van der Waals surface area contributed by atoms with Gasteiger partial charge in [0.1, 0.15) is 5.82 Å². The Bertz CT molecular complexity index is 867. The van der Waals surface area contributed by atoms with Crippen molar-refractivity contribution in [3.05, 3.63) is 52.8 Å². The van der Waals surface area contributed by atoms with Crippen molar-refractivity contribution in [1.29, 1.82) is 0 Å². The molecule has 1 aliphatic carbocycles. The third-order valence-corrected chi connectivity index (χ3v) is 5.74. The number of amides is 2. The normalized spacial score (nSPS) is 19.7. The summed E-state index contributed by atoms with van der Waals surface area (Å²) < 4.78 is 0. The highest BCUT2D eigenvalue weighted by Crippen LogP contribution is 2.26. The lowest BCUT2D eigenvalue weighted by Gasteiger charge is -2.26. The molecule has 3 aliphatic rings. The average molecular weight is 377 g/mol. The van der Waals surface area contributed by atoms with Crippen LogP contribution in [0.3, 0.4) is 0 Å². The van der Waals surface area contributed by atoms with Crippen LogP contribution >= 0.6 is 0 Å². The summed E-state index contributed by atoms with van der Waals surface area (Å²) in [4.78, 5) is 30.1. The number of aryl methyl sites for hydroxylation is 1. The Morgan fingerprint density at radius 2 is 2.04 bits per heavy atom. The first-order valence-corrected chi connectivity index (χ1v) is 10.3. The molecule has 0 bridgehead atoms. The van der Waals surface area contributed by atoms with Gasteiger partial charge in [0, 0.05) is 31.8 Å². The number of nitrogens with one attached hydrogen (secondary N) is 1. The van der Waals surface area contributed by atoms with Crippen molar-refractivity contribution in [2.45, 2.75) is 51.4 Å². The quantitative estimate of drug-likeness (QED) is 0.636. The summed E-state index contributed by atoms with van der Waals surface area (Å²) in [5.74, 6) is 0.690. The SMILES string of the molecule is O=C1CCc2cc(/C=C/C(=O)N3CC=C(CC4=CCCCC4)CC3)cnc2N1. The van der Waals surface area contributed by atoms with Crippen molar-refractivity contribution in [1.82, 2.24) is 9.88 Å². The minimum absolute atomic E-state index is 0.00997. The van der Waals surface area contributed by atoms with Crippen LogP contribution in [-0.4, -0.2) is 34.8 Å². The molecule has 146 valence electrons. The summed E-state index contributed by atoms with van der Waals surface area (Å²) in [6.45, 7) is 1.48. The fourth-order valence-corrected chi connectivity index (χ4v) is 4.07. The van der Waals surface area contributed by atoms with Crippen LogP contribution in [0.4, 0.5) is 5.82 Å². The van der Waals surface area contributed by atoms with E-state index in [2.05, 4.69) is 22.5 Å². The van der Waals surface area contributed by atoms with E-state index < -0.39 is 0 Å². The van der Waals surface area contributed by atoms with Gasteiger partial charge in [0.05, 0.1) is 0 Å². The van der Waals surface area contributed by atoms with Crippen LogP contribution in [0.15, 0.2) is 41.6 Å². The van der Waals surface area contributed by atoms with Gasteiger partial charge in [-0.1, -0.05) is 23.3 Å². The van der Waals surface area contributed by atoms with Crippen LogP contribution in [0.1, 0.15) is 56.1 Å². The van der Waals surface area contributed by atoms with E-state index in [9.17, 15) is 9.59 Å². The molecule has 0 saturated heterocycles. The first-order chi connectivity index (χ1) is 13.7. The van der Waals surface area contributed by atoms with E-state index in [1.54, 1.807) is 17.8 Å². The lowest BCUT2D eigenvalue weighted by Crippen LogP contribution is -2.33. The first kappa shape index (κ1) is 18.7. The fourth-order valence-electron chi connectivity index (χ4n) is 4.07. The molecule has 2 aliphatic heterocycles. The average Bonchev–Trinajstić information content (AvgIpc) is 2.73. The molecule has 1 N–H and O–H groups in total. The van der Waals surface area contributed by atoms with E-state index in [1.165, 1.54) is 31.3 Å². The minimum Gasteiger partial charge on any atom is -0.335 e. The Balaban J connectivity index is 1.33. The van der Waals surface area contributed by atoms with Crippen molar-refractivity contribution < 1.29 is 9.59 Å². The monoisotopic (exact) mass is 377 g/mol. The maximum absolute atomic E-state index is 12.5. The molecule has 0 fully saturated rings. The number of fused-ring (bicyclic) bond motifs is 1. The zero-order valence-electron chi connectivity index (χ0n) is 16.2. The second kappa shape index (κ2) is 8.55. The molecule has 4 rings (SSSR count). The molecule has 0 saturated carbocycles. The Labute approximate surface area is 166 Å². The number of hydrogen-bond acceptors (Lipinski definition) is 3. The molecule has 28 heavy (non-hydrogen) atoms. The van der Waals surface area contributed by atoms with Crippen LogP contribution < -0.4 is 5.32 Å². The molecular weight excluding hydrogens is 350 g/mol. The van der Waals surface area contributed by atoms with Crippen molar-refractivity contribution in [2.24, 2.45) is 0 Å². The van der Waals surface area contributed by atoms with Crippen LogP contribution in [-0.2, 0) is 16.0 Å². The lowest BCUT2D eigenvalue weighted by atomic mass is 9.92. The summed E-state index contributed by atoms with van der Waals surface area (Å²) in [6, 6.07) is 2.00. The van der Waals surface area contributed by atoms with E-state index in [-0.39, 0.29) is 11.8 Å². The van der Waals surface area contributed by atoms with Gasteiger partial charge < -0.3 is 10.2 Å². The van der Waals surface area contributed by atoms with Crippen molar-refractivity contribution in [3.8, 4) is 0 Å². The van der Waals surface area contributed by atoms with Gasteiger partial charge in [-0.25, -0.2) is 4.98 Å². The lowest BCUT2D eigenvalue weighted by molar-refractivity contribution is -0.125. The van der Waals surface area contributed by atoms with Crippen molar-refractivity contribution in [3.63, 3.8) is 0 Å². The molecular formula is C23H27N3O2. The predicted molar refractivity (Wildman–Crippen MR) is 111 cm³/mol. The van der Waals surface area contributed by atoms with Crippen molar-refractivity contribution >= 4 is 23.7 Å². The number of carbonyl (C=O) groups excluding carboxylic acids is 2. The third kappa shape index (κ3) is 4.58. The highest BCUT2D eigenvalue weighted by atomic mass is 16.2. The Kier molecular flexibility index (Phi) is 5.70. The smallest absolute Gasteiger partial charge is 0.246 e. The van der Waals surface area contributed by atoms with E-state index in [4.69, 9.17) is 0 Å². The van der Waals surface area contributed by atoms with Gasteiger partial charge in [0.15, 0.2) is 0 Å². The number of anilines is 1. The molecule has 0 spiro atoms. The summed E-state index contributed by atoms with van der Waals surface area (Å²) in [6.07, 6.45) is 18.1. The molecule has 5 nitrogen and oxygen atoms in total. The summed E-state index contributed by atoms with van der Waals surface area (Å²) in [5, 5.41) is 2.78. The van der Waals surface area contributed by atoms with Gasteiger partial charge in [0.2, 0.25) is 11.8 Å². The molecule has 2 amide bonds. The number of nitrogens with zero attached hydrogens (tertiary/aromatic N) is 2. The number of aromatic nitrogens is 1. The van der Waals surface area contributed by atoms with Crippen molar-refractivity contribution in [2.75, 3.05) is 18.4 Å². The molecule has 0 unspecified atom stereocenters. The maximum Gasteiger partial charge on any atom is 0.246 e. The highest BCUT2D eigenvalue weighted by molar-refractivity contribution is 5.94. The largest absolute Gasteiger partial charge is 0.335 e. The van der Waals surface area contributed by atoms with Gasteiger partial charge in [-0.05, 0) is 68.2 Å². The van der Waals surface area contributed by atoms with Gasteiger partial charge in [-0.2, -0.15) is 0 Å². The van der Waals surface area contributed by atoms with E-state index in [0.29, 0.717) is 25.2 Å². The van der Waals surface area contributed by atoms with Gasteiger partial charge in [0.25, 0.3) is 0 Å². The summed E-state index contributed by atoms with van der Waals surface area (Å²) >= 11 is 0. The molecule has 1 aromatic rings. The molecule has 5 heteroatoms. The van der Waals surface area contributed by atoms with Gasteiger partial charge in [-0.15, -0.1) is 0 Å². The number of hydrogen-bond donors (Lipinski definition) is 1. The van der Waals surface area contributed by atoms with Crippen LogP contribution in [0.2, 0.25) is 0 Å². The summed E-state index contributed by atoms with van der Waals surface area (Å²) in [7, 11) is 0. The number of rotatable bonds is 4. The fraction of sp³-hybridized carbons (Fsp3) is 0.435. The number of carbonyl (C=O) groups is 2. The standard InChI is InChI=1S/C23H27N3O2/c27-21-8-7-20-15-19(16-24-23(20)25-21)6-9-22(28)26-12-10-18(11-13-26)14-17-4-2-1-3-5-17/h4,6,9-10,15-16H,1-3,5,7-8,11-14H2,(H,24,25,27)/b9-6+. The van der Waals surface area contributed by atoms with E-state index >= 15 is 0 Å². The van der Waals surface area contributed by atoms with Crippen LogP contribution in [0.5, 0.6) is 0 Å². The van der Waals surface area contributed by atoms with E-state index in [0.717, 1.165) is 30.5 Å². The van der Waals surface area contributed by atoms with Gasteiger partial charge >= 0.3 is 0 Å². The summed E-state index contributed by atoms with van der Waals surface area (Å²) in [5.41, 5.74) is 4.97.